The molecule has 1 unspecified atom stereocenters. The highest BCUT2D eigenvalue weighted by Gasteiger charge is 2.27. The summed E-state index contributed by atoms with van der Waals surface area (Å²) in [5.74, 6) is 0.927. The van der Waals surface area contributed by atoms with Crippen LogP contribution in [0.3, 0.4) is 0 Å². The van der Waals surface area contributed by atoms with E-state index >= 15 is 0 Å². The van der Waals surface area contributed by atoms with Crippen LogP contribution in [0.25, 0.3) is 10.8 Å². The highest BCUT2D eigenvalue weighted by atomic mass is 16.5. The Kier molecular flexibility index (Phi) is 3.64. The number of ether oxygens (including phenoxy) is 2. The van der Waals surface area contributed by atoms with Crippen molar-refractivity contribution >= 4 is 10.8 Å². The maximum absolute atomic E-state index is 5.96. The van der Waals surface area contributed by atoms with Crippen molar-refractivity contribution in [3.8, 4) is 5.75 Å². The van der Waals surface area contributed by atoms with Crippen molar-refractivity contribution in [2.45, 2.75) is 25.5 Å². The Bertz CT molecular complexity index is 579. The van der Waals surface area contributed by atoms with E-state index in [0.29, 0.717) is 6.61 Å². The molecule has 3 rings (SSSR count). The molecule has 0 spiro atoms. The first kappa shape index (κ1) is 13.4. The van der Waals surface area contributed by atoms with Crippen molar-refractivity contribution in [2.75, 3.05) is 19.8 Å². The van der Waals surface area contributed by atoms with Crippen LogP contribution < -0.4 is 10.1 Å². The molecule has 1 atom stereocenters. The Morgan fingerprint density at radius 3 is 2.80 bits per heavy atom. The normalized spacial score (nSPS) is 21.8. The highest BCUT2D eigenvalue weighted by molar-refractivity contribution is 5.88. The first-order valence-electron chi connectivity index (χ1n) is 7.11. The molecule has 1 aliphatic rings. The predicted molar refractivity (Wildman–Crippen MR) is 81.3 cm³/mol. The van der Waals surface area contributed by atoms with Gasteiger partial charge in [-0.05, 0) is 25.3 Å². The number of benzene rings is 2. The number of rotatable bonds is 3. The van der Waals surface area contributed by atoms with E-state index < -0.39 is 0 Å². The largest absolute Gasteiger partial charge is 0.490 e. The van der Waals surface area contributed by atoms with Crippen molar-refractivity contribution in [3.63, 3.8) is 0 Å². The minimum absolute atomic E-state index is 0.0654. The maximum Gasteiger partial charge on any atom is 0.127 e. The molecule has 0 amide bonds. The van der Waals surface area contributed by atoms with Crippen molar-refractivity contribution in [1.29, 1.82) is 0 Å². The average molecular weight is 271 g/mol. The second-order valence-electron chi connectivity index (χ2n) is 5.99. The third-order valence-electron chi connectivity index (χ3n) is 3.66. The van der Waals surface area contributed by atoms with Crippen LogP contribution in [-0.2, 0) is 4.74 Å². The van der Waals surface area contributed by atoms with E-state index in [4.69, 9.17) is 9.47 Å². The Balaban J connectivity index is 1.66. The highest BCUT2D eigenvalue weighted by Crippen LogP contribution is 2.25. The van der Waals surface area contributed by atoms with E-state index in [0.717, 1.165) is 24.3 Å². The first-order chi connectivity index (χ1) is 9.64. The molecule has 2 aromatic rings. The lowest BCUT2D eigenvalue weighted by molar-refractivity contribution is -0.0409. The van der Waals surface area contributed by atoms with Crippen LogP contribution in [0.5, 0.6) is 5.75 Å². The molecule has 1 saturated heterocycles. The minimum Gasteiger partial charge on any atom is -0.490 e. The fourth-order valence-corrected chi connectivity index (χ4v) is 2.44. The summed E-state index contributed by atoms with van der Waals surface area (Å²) < 4.78 is 11.8. The lowest BCUT2D eigenvalue weighted by Crippen LogP contribution is -2.54. The van der Waals surface area contributed by atoms with Gasteiger partial charge >= 0.3 is 0 Å². The molecule has 3 nitrogen and oxygen atoms in total. The topological polar surface area (TPSA) is 30.5 Å². The van der Waals surface area contributed by atoms with Gasteiger partial charge in [0, 0.05) is 17.5 Å². The summed E-state index contributed by atoms with van der Waals surface area (Å²) in [7, 11) is 0. The molecular weight excluding hydrogens is 250 g/mol. The number of nitrogens with one attached hydrogen (secondary N) is 1. The second kappa shape index (κ2) is 5.43. The van der Waals surface area contributed by atoms with Crippen molar-refractivity contribution in [3.05, 3.63) is 42.5 Å². The number of fused-ring (bicyclic) bond motifs is 1. The Morgan fingerprint density at radius 1 is 1.20 bits per heavy atom. The molecule has 1 aliphatic heterocycles. The van der Waals surface area contributed by atoms with E-state index in [-0.39, 0.29) is 11.6 Å². The van der Waals surface area contributed by atoms with Gasteiger partial charge in [-0.2, -0.15) is 0 Å². The molecular formula is C17H21NO2. The Hall–Kier alpha value is -1.58. The number of morpholine rings is 1. The monoisotopic (exact) mass is 271 g/mol. The molecule has 106 valence electrons. The summed E-state index contributed by atoms with van der Waals surface area (Å²) in [4.78, 5) is 0. The summed E-state index contributed by atoms with van der Waals surface area (Å²) in [6, 6.07) is 14.4. The Morgan fingerprint density at radius 2 is 2.00 bits per heavy atom. The summed E-state index contributed by atoms with van der Waals surface area (Å²) in [5, 5.41) is 5.83. The smallest absolute Gasteiger partial charge is 0.127 e. The van der Waals surface area contributed by atoms with Crippen LogP contribution in [0.1, 0.15) is 13.8 Å². The molecule has 0 radical (unpaired) electrons. The standard InChI is InChI=1S/C17H21NO2/c1-17(2)12-20-14(10-18-17)11-19-16-9-5-7-13-6-3-4-8-15(13)16/h3-9,14,18H,10-12H2,1-2H3. The number of hydrogen-bond donors (Lipinski definition) is 1. The maximum atomic E-state index is 5.96. The van der Waals surface area contributed by atoms with Crippen LogP contribution in [0.2, 0.25) is 0 Å². The van der Waals surface area contributed by atoms with E-state index in [1.54, 1.807) is 0 Å². The van der Waals surface area contributed by atoms with Gasteiger partial charge in [0.05, 0.1) is 6.61 Å². The fourth-order valence-electron chi connectivity index (χ4n) is 2.44. The lowest BCUT2D eigenvalue weighted by atomic mass is 10.1. The summed E-state index contributed by atoms with van der Waals surface area (Å²) in [6.07, 6.45) is 0.113. The number of hydrogen-bond acceptors (Lipinski definition) is 3. The van der Waals surface area contributed by atoms with E-state index in [1.807, 2.05) is 24.3 Å². The van der Waals surface area contributed by atoms with Crippen molar-refractivity contribution < 1.29 is 9.47 Å². The van der Waals surface area contributed by atoms with Crippen LogP contribution in [0, 0.1) is 0 Å². The van der Waals surface area contributed by atoms with Gasteiger partial charge in [0.2, 0.25) is 0 Å². The zero-order valence-corrected chi connectivity index (χ0v) is 12.1. The molecule has 3 heteroatoms. The van der Waals surface area contributed by atoms with E-state index in [2.05, 4.69) is 37.4 Å². The van der Waals surface area contributed by atoms with E-state index in [9.17, 15) is 0 Å². The van der Waals surface area contributed by atoms with Crippen molar-refractivity contribution in [1.82, 2.24) is 5.32 Å². The zero-order valence-electron chi connectivity index (χ0n) is 12.1. The first-order valence-corrected chi connectivity index (χ1v) is 7.11. The third kappa shape index (κ3) is 2.94. The summed E-state index contributed by atoms with van der Waals surface area (Å²) in [5.41, 5.74) is 0.0654. The van der Waals surface area contributed by atoms with Gasteiger partial charge < -0.3 is 14.8 Å². The van der Waals surface area contributed by atoms with Gasteiger partial charge in [-0.15, -0.1) is 0 Å². The summed E-state index contributed by atoms with van der Waals surface area (Å²) >= 11 is 0. The molecule has 0 aromatic heterocycles. The van der Waals surface area contributed by atoms with Crippen LogP contribution in [-0.4, -0.2) is 31.4 Å². The van der Waals surface area contributed by atoms with Crippen LogP contribution in [0.15, 0.2) is 42.5 Å². The molecule has 0 bridgehead atoms. The van der Waals surface area contributed by atoms with Gasteiger partial charge in [0.25, 0.3) is 0 Å². The van der Waals surface area contributed by atoms with Gasteiger partial charge in [0.1, 0.15) is 18.5 Å². The molecule has 0 aliphatic carbocycles. The quantitative estimate of drug-likeness (QED) is 0.931. The molecule has 20 heavy (non-hydrogen) atoms. The molecule has 1 N–H and O–H groups in total. The molecule has 2 aromatic carbocycles. The zero-order chi connectivity index (χ0) is 14.0. The minimum atomic E-state index is 0.0654. The van der Waals surface area contributed by atoms with Gasteiger partial charge in [-0.25, -0.2) is 0 Å². The molecule has 1 fully saturated rings. The van der Waals surface area contributed by atoms with Gasteiger partial charge in [-0.3, -0.25) is 0 Å². The predicted octanol–water partition coefficient (Wildman–Crippen LogP) is 2.99. The summed E-state index contributed by atoms with van der Waals surface area (Å²) in [6.45, 7) is 6.43. The average Bonchev–Trinajstić information content (AvgIpc) is 2.46. The SMILES string of the molecule is CC1(C)COC(COc2cccc3ccccc23)CN1. The fraction of sp³-hybridized carbons (Fsp3) is 0.412. The van der Waals surface area contributed by atoms with E-state index in [1.165, 1.54) is 5.39 Å². The van der Waals surface area contributed by atoms with Crippen LogP contribution in [0.4, 0.5) is 0 Å². The van der Waals surface area contributed by atoms with Gasteiger partial charge in [0.15, 0.2) is 0 Å². The molecule has 1 heterocycles. The third-order valence-corrected chi connectivity index (χ3v) is 3.66. The molecule has 0 saturated carbocycles. The second-order valence-corrected chi connectivity index (χ2v) is 5.99. The lowest BCUT2D eigenvalue weighted by Gasteiger charge is -2.35. The van der Waals surface area contributed by atoms with Gasteiger partial charge in [-0.1, -0.05) is 36.4 Å². The van der Waals surface area contributed by atoms with Crippen molar-refractivity contribution in [2.24, 2.45) is 0 Å². The Labute approximate surface area is 119 Å². The van der Waals surface area contributed by atoms with Crippen LogP contribution >= 0.6 is 0 Å².